The molecule has 1 unspecified atom stereocenters. The average Bonchev–Trinajstić information content (AvgIpc) is 2.82. The largest absolute Gasteiger partial charge is 0.469 e. The summed E-state index contributed by atoms with van der Waals surface area (Å²) in [5.41, 5.74) is 2.45. The SMILES string of the molecule is CC(Cc1ccco1)Nc1cncc(NN)n1. The molecule has 0 saturated carbocycles. The van der Waals surface area contributed by atoms with Crippen LogP contribution >= 0.6 is 0 Å². The van der Waals surface area contributed by atoms with Gasteiger partial charge in [0.1, 0.15) is 11.6 Å². The Balaban J connectivity index is 1.95. The Kier molecular flexibility index (Phi) is 3.56. The highest BCUT2D eigenvalue weighted by atomic mass is 16.3. The van der Waals surface area contributed by atoms with Crippen LogP contribution < -0.4 is 16.6 Å². The number of hydrazine groups is 1. The summed E-state index contributed by atoms with van der Waals surface area (Å²) in [6, 6.07) is 4.02. The first-order valence-electron chi connectivity index (χ1n) is 5.35. The minimum atomic E-state index is 0.198. The lowest BCUT2D eigenvalue weighted by atomic mass is 10.2. The van der Waals surface area contributed by atoms with Crippen molar-refractivity contribution < 1.29 is 4.42 Å². The normalized spacial score (nSPS) is 12.1. The van der Waals surface area contributed by atoms with Gasteiger partial charge in [0, 0.05) is 12.5 Å². The van der Waals surface area contributed by atoms with Crippen LogP contribution in [0.3, 0.4) is 0 Å². The number of furan rings is 1. The summed E-state index contributed by atoms with van der Waals surface area (Å²) in [4.78, 5) is 8.23. The number of rotatable bonds is 5. The van der Waals surface area contributed by atoms with Gasteiger partial charge in [-0.25, -0.2) is 10.8 Å². The quantitative estimate of drug-likeness (QED) is 0.534. The maximum absolute atomic E-state index is 5.28. The third-order valence-corrected chi connectivity index (χ3v) is 2.26. The van der Waals surface area contributed by atoms with E-state index in [1.807, 2.05) is 19.1 Å². The molecule has 6 heteroatoms. The van der Waals surface area contributed by atoms with Crippen molar-refractivity contribution in [1.29, 1.82) is 0 Å². The van der Waals surface area contributed by atoms with E-state index in [0.29, 0.717) is 11.6 Å². The third-order valence-electron chi connectivity index (χ3n) is 2.26. The average molecular weight is 233 g/mol. The van der Waals surface area contributed by atoms with Crippen LogP contribution in [0.1, 0.15) is 12.7 Å². The van der Waals surface area contributed by atoms with Crippen LogP contribution in [0, 0.1) is 0 Å². The van der Waals surface area contributed by atoms with Gasteiger partial charge in [-0.05, 0) is 19.1 Å². The fourth-order valence-electron chi connectivity index (χ4n) is 1.54. The monoisotopic (exact) mass is 233 g/mol. The predicted octanol–water partition coefficient (Wildman–Crippen LogP) is 1.40. The second kappa shape index (κ2) is 5.31. The van der Waals surface area contributed by atoms with Crippen LogP contribution in [0.2, 0.25) is 0 Å². The van der Waals surface area contributed by atoms with E-state index >= 15 is 0 Å². The van der Waals surface area contributed by atoms with Gasteiger partial charge in [0.15, 0.2) is 5.82 Å². The molecule has 0 aliphatic rings. The van der Waals surface area contributed by atoms with E-state index in [0.717, 1.165) is 12.2 Å². The lowest BCUT2D eigenvalue weighted by Crippen LogP contribution is -2.19. The van der Waals surface area contributed by atoms with Gasteiger partial charge >= 0.3 is 0 Å². The van der Waals surface area contributed by atoms with Gasteiger partial charge in [-0.1, -0.05) is 0 Å². The van der Waals surface area contributed by atoms with Gasteiger partial charge in [0.2, 0.25) is 0 Å². The van der Waals surface area contributed by atoms with Crippen molar-refractivity contribution in [2.75, 3.05) is 10.7 Å². The Hall–Kier alpha value is -2.08. The Morgan fingerprint density at radius 2 is 2.24 bits per heavy atom. The van der Waals surface area contributed by atoms with Crippen molar-refractivity contribution in [3.8, 4) is 0 Å². The molecule has 0 bridgehead atoms. The number of hydrogen-bond donors (Lipinski definition) is 3. The zero-order valence-electron chi connectivity index (χ0n) is 9.55. The van der Waals surface area contributed by atoms with Crippen LogP contribution in [-0.4, -0.2) is 16.0 Å². The summed E-state index contributed by atoms with van der Waals surface area (Å²) < 4.78 is 5.28. The van der Waals surface area contributed by atoms with Crippen molar-refractivity contribution in [1.82, 2.24) is 9.97 Å². The minimum Gasteiger partial charge on any atom is -0.469 e. The van der Waals surface area contributed by atoms with Gasteiger partial charge in [0.05, 0.1) is 18.7 Å². The van der Waals surface area contributed by atoms with Gasteiger partial charge in [0.25, 0.3) is 0 Å². The molecule has 0 saturated heterocycles. The summed E-state index contributed by atoms with van der Waals surface area (Å²) in [5, 5.41) is 3.23. The van der Waals surface area contributed by atoms with Crippen LogP contribution in [-0.2, 0) is 6.42 Å². The predicted molar refractivity (Wildman–Crippen MR) is 65.3 cm³/mol. The van der Waals surface area contributed by atoms with Crippen molar-refractivity contribution in [3.63, 3.8) is 0 Å². The molecule has 2 rings (SSSR count). The fraction of sp³-hybridized carbons (Fsp3) is 0.273. The Morgan fingerprint density at radius 3 is 2.94 bits per heavy atom. The Labute approximate surface area is 99.2 Å². The molecule has 0 spiro atoms. The fourth-order valence-corrected chi connectivity index (χ4v) is 1.54. The number of nitrogen functional groups attached to an aromatic ring is 1. The van der Waals surface area contributed by atoms with Crippen molar-refractivity contribution in [2.45, 2.75) is 19.4 Å². The minimum absolute atomic E-state index is 0.198. The molecule has 0 aliphatic carbocycles. The first-order valence-corrected chi connectivity index (χ1v) is 5.35. The first kappa shape index (κ1) is 11.4. The highest BCUT2D eigenvalue weighted by Crippen LogP contribution is 2.10. The van der Waals surface area contributed by atoms with Gasteiger partial charge in [-0.15, -0.1) is 0 Å². The van der Waals surface area contributed by atoms with Crippen LogP contribution in [0.25, 0.3) is 0 Å². The highest BCUT2D eigenvalue weighted by molar-refractivity contribution is 5.41. The molecule has 1 atom stereocenters. The third kappa shape index (κ3) is 3.18. The van der Waals surface area contributed by atoms with Gasteiger partial charge in [-0.2, -0.15) is 0 Å². The highest BCUT2D eigenvalue weighted by Gasteiger charge is 2.06. The van der Waals surface area contributed by atoms with Gasteiger partial charge in [-0.3, -0.25) is 4.98 Å². The van der Waals surface area contributed by atoms with E-state index in [1.54, 1.807) is 18.7 Å². The zero-order chi connectivity index (χ0) is 12.1. The van der Waals surface area contributed by atoms with E-state index in [4.69, 9.17) is 10.3 Å². The molecule has 0 aliphatic heterocycles. The summed E-state index contributed by atoms with van der Waals surface area (Å²) in [6.45, 7) is 2.05. The second-order valence-corrected chi connectivity index (χ2v) is 3.76. The molecule has 0 aromatic carbocycles. The Morgan fingerprint density at radius 1 is 1.41 bits per heavy atom. The maximum atomic E-state index is 5.28. The number of nitrogens with one attached hydrogen (secondary N) is 2. The topological polar surface area (TPSA) is 89.0 Å². The lowest BCUT2D eigenvalue weighted by molar-refractivity contribution is 0.497. The van der Waals surface area contributed by atoms with E-state index < -0.39 is 0 Å². The molecule has 2 aromatic heterocycles. The molecule has 4 N–H and O–H groups in total. The molecule has 0 amide bonds. The molecule has 2 heterocycles. The summed E-state index contributed by atoms with van der Waals surface area (Å²) in [6.07, 6.45) is 5.66. The number of aromatic nitrogens is 2. The van der Waals surface area contributed by atoms with Crippen molar-refractivity contribution in [3.05, 3.63) is 36.5 Å². The standard InChI is InChI=1S/C11H15N5O/c1-8(5-9-3-2-4-17-9)14-10-6-13-7-11(15-10)16-12/h2-4,6-8H,5,12H2,1H3,(H2,14,15,16). The molecule has 6 nitrogen and oxygen atoms in total. The molecule has 2 aromatic rings. The van der Waals surface area contributed by atoms with Crippen molar-refractivity contribution in [2.24, 2.45) is 5.84 Å². The van der Waals surface area contributed by atoms with E-state index in [9.17, 15) is 0 Å². The smallest absolute Gasteiger partial charge is 0.160 e. The van der Waals surface area contributed by atoms with E-state index in [-0.39, 0.29) is 6.04 Å². The molecule has 0 fully saturated rings. The molecule has 0 radical (unpaired) electrons. The number of nitrogens with two attached hydrogens (primary N) is 1. The Bertz CT molecular complexity index is 457. The van der Waals surface area contributed by atoms with Crippen LogP contribution in [0.5, 0.6) is 0 Å². The summed E-state index contributed by atoms with van der Waals surface area (Å²) >= 11 is 0. The molecular formula is C11H15N5O. The van der Waals surface area contributed by atoms with Gasteiger partial charge < -0.3 is 15.2 Å². The molecule has 17 heavy (non-hydrogen) atoms. The molecule has 90 valence electrons. The maximum Gasteiger partial charge on any atom is 0.160 e. The lowest BCUT2D eigenvalue weighted by Gasteiger charge is -2.13. The molecular weight excluding hydrogens is 218 g/mol. The number of hydrogen-bond acceptors (Lipinski definition) is 6. The van der Waals surface area contributed by atoms with Crippen LogP contribution in [0.15, 0.2) is 35.2 Å². The zero-order valence-corrected chi connectivity index (χ0v) is 9.55. The summed E-state index contributed by atoms with van der Waals surface area (Å²) in [5.74, 6) is 7.41. The van der Waals surface area contributed by atoms with Crippen LogP contribution in [0.4, 0.5) is 11.6 Å². The first-order chi connectivity index (χ1) is 8.28. The summed E-state index contributed by atoms with van der Waals surface area (Å²) in [7, 11) is 0. The number of nitrogens with zero attached hydrogens (tertiary/aromatic N) is 2. The second-order valence-electron chi connectivity index (χ2n) is 3.76. The van der Waals surface area contributed by atoms with E-state index in [2.05, 4.69) is 20.7 Å². The van der Waals surface area contributed by atoms with Crippen molar-refractivity contribution >= 4 is 11.6 Å². The van der Waals surface area contributed by atoms with E-state index in [1.165, 1.54) is 0 Å². The number of anilines is 2.